The van der Waals surface area contributed by atoms with Gasteiger partial charge in [-0.2, -0.15) is 0 Å². The molecule has 0 atom stereocenters. The van der Waals surface area contributed by atoms with Crippen LogP contribution in [0.2, 0.25) is 0 Å². The van der Waals surface area contributed by atoms with Gasteiger partial charge in [0.05, 0.1) is 6.61 Å². The highest BCUT2D eigenvalue weighted by molar-refractivity contribution is 9.10. The number of ether oxygens (including phenoxy) is 2. The standard InChI is InChI=1S/C18H14BrNO3/c19-16-5-3-15-9-17(6-4-14(15)8-16)23-18(21)12-22-11-13-2-1-7-20-10-13/h1-10H,11-12H2. The summed E-state index contributed by atoms with van der Waals surface area (Å²) in [5.41, 5.74) is 0.914. The number of pyridine rings is 1. The highest BCUT2D eigenvalue weighted by atomic mass is 79.9. The maximum Gasteiger partial charge on any atom is 0.337 e. The van der Waals surface area contributed by atoms with Crippen LogP contribution in [0.3, 0.4) is 0 Å². The first-order chi connectivity index (χ1) is 11.2. The second-order valence-electron chi connectivity index (χ2n) is 4.98. The summed E-state index contributed by atoms with van der Waals surface area (Å²) in [6.45, 7) is 0.224. The summed E-state index contributed by atoms with van der Waals surface area (Å²) in [5.74, 6) is 0.0835. The molecule has 2 aromatic carbocycles. The Bertz CT molecular complexity index is 821. The summed E-state index contributed by atoms with van der Waals surface area (Å²) in [4.78, 5) is 15.8. The Balaban J connectivity index is 1.56. The van der Waals surface area contributed by atoms with Crippen LogP contribution in [0.5, 0.6) is 5.75 Å². The number of carbonyl (C=O) groups excluding carboxylic acids is 1. The van der Waals surface area contributed by atoms with E-state index in [0.29, 0.717) is 12.4 Å². The average Bonchev–Trinajstić information content (AvgIpc) is 2.56. The summed E-state index contributed by atoms with van der Waals surface area (Å²) < 4.78 is 11.6. The fraction of sp³-hybridized carbons (Fsp3) is 0.111. The van der Waals surface area contributed by atoms with Crippen LogP contribution in [-0.2, 0) is 16.1 Å². The molecule has 0 spiro atoms. The zero-order valence-corrected chi connectivity index (χ0v) is 13.8. The van der Waals surface area contributed by atoms with E-state index in [1.54, 1.807) is 18.5 Å². The van der Waals surface area contributed by atoms with Gasteiger partial charge in [0.1, 0.15) is 12.4 Å². The molecule has 0 amide bonds. The van der Waals surface area contributed by atoms with Gasteiger partial charge in [-0.3, -0.25) is 4.98 Å². The Hall–Kier alpha value is -2.24. The minimum Gasteiger partial charge on any atom is -0.425 e. The summed E-state index contributed by atoms with van der Waals surface area (Å²) in [6, 6.07) is 15.2. The van der Waals surface area contributed by atoms with Gasteiger partial charge in [0.25, 0.3) is 0 Å². The van der Waals surface area contributed by atoms with Crippen molar-refractivity contribution in [2.75, 3.05) is 6.61 Å². The maximum atomic E-state index is 11.8. The normalized spacial score (nSPS) is 10.7. The van der Waals surface area contributed by atoms with Crippen molar-refractivity contribution in [3.63, 3.8) is 0 Å². The van der Waals surface area contributed by atoms with Gasteiger partial charge in [0.15, 0.2) is 0 Å². The van der Waals surface area contributed by atoms with Gasteiger partial charge in [0.2, 0.25) is 0 Å². The first kappa shape index (κ1) is 15.6. The van der Waals surface area contributed by atoms with Crippen molar-refractivity contribution in [3.8, 4) is 5.75 Å². The molecule has 0 aliphatic rings. The monoisotopic (exact) mass is 371 g/mol. The Labute approximate surface area is 142 Å². The third-order valence-corrected chi connectivity index (χ3v) is 3.71. The van der Waals surface area contributed by atoms with Crippen molar-refractivity contribution in [2.45, 2.75) is 6.61 Å². The molecule has 116 valence electrons. The lowest BCUT2D eigenvalue weighted by Gasteiger charge is -2.07. The number of esters is 1. The van der Waals surface area contributed by atoms with Crippen LogP contribution in [0.15, 0.2) is 65.4 Å². The fourth-order valence-electron chi connectivity index (χ4n) is 2.15. The number of hydrogen-bond acceptors (Lipinski definition) is 4. The molecule has 0 radical (unpaired) electrons. The third-order valence-electron chi connectivity index (χ3n) is 3.22. The highest BCUT2D eigenvalue weighted by Gasteiger charge is 2.06. The van der Waals surface area contributed by atoms with E-state index in [-0.39, 0.29) is 6.61 Å². The van der Waals surface area contributed by atoms with E-state index in [9.17, 15) is 4.79 Å². The van der Waals surface area contributed by atoms with Crippen molar-refractivity contribution in [3.05, 3.63) is 71.0 Å². The Morgan fingerprint density at radius 3 is 2.74 bits per heavy atom. The number of benzene rings is 2. The minimum atomic E-state index is -0.426. The van der Waals surface area contributed by atoms with Gasteiger partial charge >= 0.3 is 5.97 Å². The number of aromatic nitrogens is 1. The van der Waals surface area contributed by atoms with Gasteiger partial charge in [-0.15, -0.1) is 0 Å². The molecule has 5 heteroatoms. The Kier molecular flexibility index (Phi) is 5.00. The van der Waals surface area contributed by atoms with E-state index in [0.717, 1.165) is 20.8 Å². The van der Waals surface area contributed by atoms with Crippen LogP contribution in [-0.4, -0.2) is 17.6 Å². The summed E-state index contributed by atoms with van der Waals surface area (Å²) in [7, 11) is 0. The molecule has 3 rings (SSSR count). The lowest BCUT2D eigenvalue weighted by molar-refractivity contribution is -0.139. The van der Waals surface area contributed by atoms with Crippen LogP contribution in [0.4, 0.5) is 0 Å². The number of rotatable bonds is 5. The van der Waals surface area contributed by atoms with Crippen molar-refractivity contribution in [1.82, 2.24) is 4.98 Å². The molecule has 1 heterocycles. The van der Waals surface area contributed by atoms with Gasteiger partial charge in [-0.25, -0.2) is 4.79 Å². The molecule has 1 aromatic heterocycles. The molecule has 0 N–H and O–H groups in total. The third kappa shape index (κ3) is 4.37. The topological polar surface area (TPSA) is 48.4 Å². The summed E-state index contributed by atoms with van der Waals surface area (Å²) in [6.07, 6.45) is 3.39. The lowest BCUT2D eigenvalue weighted by atomic mass is 10.1. The second-order valence-corrected chi connectivity index (χ2v) is 5.90. The van der Waals surface area contributed by atoms with Gasteiger partial charge < -0.3 is 9.47 Å². The van der Waals surface area contributed by atoms with Crippen LogP contribution in [0.1, 0.15) is 5.56 Å². The van der Waals surface area contributed by atoms with Crippen LogP contribution >= 0.6 is 15.9 Å². The zero-order chi connectivity index (χ0) is 16.1. The Morgan fingerprint density at radius 1 is 1.09 bits per heavy atom. The molecular formula is C18H14BrNO3. The van der Waals surface area contributed by atoms with E-state index < -0.39 is 5.97 Å². The number of halogens is 1. The first-order valence-electron chi connectivity index (χ1n) is 7.07. The van der Waals surface area contributed by atoms with Crippen LogP contribution in [0.25, 0.3) is 10.8 Å². The number of nitrogens with zero attached hydrogens (tertiary/aromatic N) is 1. The van der Waals surface area contributed by atoms with E-state index in [4.69, 9.17) is 9.47 Å². The molecule has 0 aliphatic carbocycles. The van der Waals surface area contributed by atoms with E-state index in [1.165, 1.54) is 0 Å². The number of hydrogen-bond donors (Lipinski definition) is 0. The molecule has 0 saturated heterocycles. The maximum absolute atomic E-state index is 11.8. The molecule has 0 fully saturated rings. The largest absolute Gasteiger partial charge is 0.425 e. The zero-order valence-electron chi connectivity index (χ0n) is 12.2. The molecule has 23 heavy (non-hydrogen) atoms. The smallest absolute Gasteiger partial charge is 0.337 e. The SMILES string of the molecule is O=C(COCc1cccnc1)Oc1ccc2cc(Br)ccc2c1. The van der Waals surface area contributed by atoms with Crippen molar-refractivity contribution >= 4 is 32.7 Å². The minimum absolute atomic E-state index is 0.104. The Morgan fingerprint density at radius 2 is 1.91 bits per heavy atom. The van der Waals surface area contributed by atoms with E-state index in [2.05, 4.69) is 20.9 Å². The van der Waals surface area contributed by atoms with Crippen LogP contribution < -0.4 is 4.74 Å². The summed E-state index contributed by atoms with van der Waals surface area (Å²) in [5, 5.41) is 2.08. The molecule has 0 aliphatic heterocycles. The highest BCUT2D eigenvalue weighted by Crippen LogP contribution is 2.24. The molecule has 0 saturated carbocycles. The molecule has 3 aromatic rings. The number of carbonyl (C=O) groups is 1. The van der Waals surface area contributed by atoms with Crippen molar-refractivity contribution < 1.29 is 14.3 Å². The predicted molar refractivity (Wildman–Crippen MR) is 91.2 cm³/mol. The summed E-state index contributed by atoms with van der Waals surface area (Å²) >= 11 is 3.43. The molecule has 4 nitrogen and oxygen atoms in total. The van der Waals surface area contributed by atoms with E-state index in [1.807, 2.05) is 42.5 Å². The number of fused-ring (bicyclic) bond motifs is 1. The predicted octanol–water partition coefficient (Wildman–Crippen LogP) is 4.12. The van der Waals surface area contributed by atoms with Gasteiger partial charge in [0, 0.05) is 16.9 Å². The van der Waals surface area contributed by atoms with Gasteiger partial charge in [-0.05, 0) is 46.7 Å². The molecule has 0 bridgehead atoms. The average molecular weight is 372 g/mol. The molecular weight excluding hydrogens is 358 g/mol. The lowest BCUT2D eigenvalue weighted by Crippen LogP contribution is -2.15. The molecule has 0 unspecified atom stereocenters. The first-order valence-corrected chi connectivity index (χ1v) is 7.87. The van der Waals surface area contributed by atoms with Gasteiger partial charge in [-0.1, -0.05) is 34.1 Å². The second kappa shape index (κ2) is 7.35. The van der Waals surface area contributed by atoms with Crippen molar-refractivity contribution in [2.24, 2.45) is 0 Å². The fourth-order valence-corrected chi connectivity index (χ4v) is 2.53. The van der Waals surface area contributed by atoms with Crippen LogP contribution in [0, 0.1) is 0 Å². The van der Waals surface area contributed by atoms with Crippen molar-refractivity contribution in [1.29, 1.82) is 0 Å². The van der Waals surface area contributed by atoms with E-state index >= 15 is 0 Å². The quantitative estimate of drug-likeness (QED) is 0.499.